The van der Waals surface area contributed by atoms with Gasteiger partial charge in [0.15, 0.2) is 5.82 Å². The molecule has 9 heteroatoms. The molecule has 1 aromatic heterocycles. The van der Waals surface area contributed by atoms with Crippen LogP contribution in [0, 0.1) is 0 Å². The highest BCUT2D eigenvalue weighted by atomic mass is 32.2. The van der Waals surface area contributed by atoms with Gasteiger partial charge < -0.3 is 10.1 Å². The SMILES string of the molecule is COc1ccc(-c2nc(SCC(=O)NC(=O)NC3CC3)n[nH]2)cc1. The van der Waals surface area contributed by atoms with Crippen molar-refractivity contribution in [1.82, 2.24) is 25.8 Å². The number of amides is 3. The largest absolute Gasteiger partial charge is 0.497 e. The van der Waals surface area contributed by atoms with Crippen molar-refractivity contribution in [2.24, 2.45) is 0 Å². The third-order valence-electron chi connectivity index (χ3n) is 3.33. The molecule has 0 radical (unpaired) electrons. The fourth-order valence-corrected chi connectivity index (χ4v) is 2.53. The Bertz CT molecular complexity index is 727. The zero-order chi connectivity index (χ0) is 16.9. The van der Waals surface area contributed by atoms with Crippen LogP contribution in [0.25, 0.3) is 11.4 Å². The van der Waals surface area contributed by atoms with Gasteiger partial charge in [0.2, 0.25) is 11.1 Å². The number of urea groups is 1. The Kier molecular flexibility index (Phi) is 4.99. The van der Waals surface area contributed by atoms with E-state index in [1.165, 1.54) is 0 Å². The van der Waals surface area contributed by atoms with E-state index in [0.29, 0.717) is 11.0 Å². The number of nitrogens with one attached hydrogen (secondary N) is 3. The fourth-order valence-electron chi connectivity index (χ4n) is 1.93. The lowest BCUT2D eigenvalue weighted by Crippen LogP contribution is -2.41. The summed E-state index contributed by atoms with van der Waals surface area (Å²) in [6, 6.07) is 7.15. The van der Waals surface area contributed by atoms with Crippen molar-refractivity contribution in [1.29, 1.82) is 0 Å². The lowest BCUT2D eigenvalue weighted by molar-refractivity contribution is -0.117. The monoisotopic (exact) mass is 347 g/mol. The number of carbonyl (C=O) groups excluding carboxylic acids is 2. The quantitative estimate of drug-likeness (QED) is 0.684. The Hall–Kier alpha value is -2.55. The number of aromatic nitrogens is 3. The maximum Gasteiger partial charge on any atom is 0.321 e. The van der Waals surface area contributed by atoms with Crippen molar-refractivity contribution in [2.75, 3.05) is 12.9 Å². The molecule has 8 nitrogen and oxygen atoms in total. The number of nitrogens with zero attached hydrogens (tertiary/aromatic N) is 2. The first-order chi connectivity index (χ1) is 11.6. The summed E-state index contributed by atoms with van der Waals surface area (Å²) in [5.74, 6) is 1.05. The molecular weight excluding hydrogens is 330 g/mol. The molecule has 0 saturated heterocycles. The number of rotatable bonds is 6. The second kappa shape index (κ2) is 7.35. The summed E-state index contributed by atoms with van der Waals surface area (Å²) in [5, 5.41) is 12.3. The molecule has 1 aliphatic carbocycles. The van der Waals surface area contributed by atoms with E-state index in [0.717, 1.165) is 35.9 Å². The average molecular weight is 347 g/mol. The van der Waals surface area contributed by atoms with Gasteiger partial charge in [-0.2, -0.15) is 0 Å². The zero-order valence-electron chi connectivity index (χ0n) is 13.0. The maximum atomic E-state index is 11.7. The standard InChI is InChI=1S/C15H17N5O3S/c1-23-11-6-2-9(3-7-11)13-18-15(20-19-13)24-8-12(21)17-14(22)16-10-4-5-10/h2-3,6-7,10H,4-5,8H2,1H3,(H,18,19,20)(H2,16,17,21,22). The predicted molar refractivity (Wildman–Crippen MR) is 88.8 cm³/mol. The molecule has 3 N–H and O–H groups in total. The highest BCUT2D eigenvalue weighted by Crippen LogP contribution is 2.21. The molecule has 126 valence electrons. The topological polar surface area (TPSA) is 109 Å². The van der Waals surface area contributed by atoms with Crippen LogP contribution in [0.1, 0.15) is 12.8 Å². The Morgan fingerprint density at radius 2 is 2.08 bits per heavy atom. The van der Waals surface area contributed by atoms with E-state index in [4.69, 9.17) is 4.74 Å². The van der Waals surface area contributed by atoms with Crippen LogP contribution in [0.15, 0.2) is 29.4 Å². The molecule has 0 unspecified atom stereocenters. The molecule has 1 fully saturated rings. The van der Waals surface area contributed by atoms with E-state index < -0.39 is 6.03 Å². The zero-order valence-corrected chi connectivity index (χ0v) is 13.9. The number of hydrogen-bond acceptors (Lipinski definition) is 6. The molecule has 0 atom stereocenters. The molecule has 1 aliphatic rings. The summed E-state index contributed by atoms with van der Waals surface area (Å²) in [4.78, 5) is 27.5. The summed E-state index contributed by atoms with van der Waals surface area (Å²) < 4.78 is 5.11. The van der Waals surface area contributed by atoms with Gasteiger partial charge in [0.1, 0.15) is 5.75 Å². The van der Waals surface area contributed by atoms with Gasteiger partial charge in [0, 0.05) is 11.6 Å². The molecule has 2 aromatic rings. The van der Waals surface area contributed by atoms with Gasteiger partial charge >= 0.3 is 6.03 Å². The van der Waals surface area contributed by atoms with E-state index >= 15 is 0 Å². The first-order valence-corrected chi connectivity index (χ1v) is 8.42. The molecule has 24 heavy (non-hydrogen) atoms. The number of imide groups is 1. The summed E-state index contributed by atoms with van der Waals surface area (Å²) in [6.45, 7) is 0. The molecule has 0 bridgehead atoms. The Labute approximate surface area is 142 Å². The number of aromatic amines is 1. The van der Waals surface area contributed by atoms with Gasteiger partial charge in [0.05, 0.1) is 12.9 Å². The minimum Gasteiger partial charge on any atom is -0.497 e. The van der Waals surface area contributed by atoms with Crippen LogP contribution in [-0.2, 0) is 4.79 Å². The van der Waals surface area contributed by atoms with Gasteiger partial charge in [-0.15, -0.1) is 5.10 Å². The van der Waals surface area contributed by atoms with Crippen LogP contribution in [0.2, 0.25) is 0 Å². The molecule has 3 amide bonds. The van der Waals surface area contributed by atoms with E-state index in [1.807, 2.05) is 24.3 Å². The molecule has 0 spiro atoms. The van der Waals surface area contributed by atoms with E-state index in [1.54, 1.807) is 7.11 Å². The molecular formula is C15H17N5O3S. The smallest absolute Gasteiger partial charge is 0.321 e. The summed E-state index contributed by atoms with van der Waals surface area (Å²) in [6.07, 6.45) is 1.95. The van der Waals surface area contributed by atoms with Crippen LogP contribution in [0.4, 0.5) is 4.79 Å². The Morgan fingerprint density at radius 3 is 2.75 bits per heavy atom. The second-order valence-electron chi connectivity index (χ2n) is 5.28. The number of methoxy groups -OCH3 is 1. The van der Waals surface area contributed by atoms with Crippen molar-refractivity contribution >= 4 is 23.7 Å². The average Bonchev–Trinajstić information content (AvgIpc) is 3.26. The number of carbonyl (C=O) groups is 2. The Balaban J connectivity index is 1.49. The maximum absolute atomic E-state index is 11.7. The third kappa shape index (κ3) is 4.48. The second-order valence-corrected chi connectivity index (χ2v) is 6.22. The fraction of sp³-hybridized carbons (Fsp3) is 0.333. The van der Waals surface area contributed by atoms with Crippen LogP contribution >= 0.6 is 11.8 Å². The third-order valence-corrected chi connectivity index (χ3v) is 4.17. The van der Waals surface area contributed by atoms with Crippen molar-refractivity contribution in [3.05, 3.63) is 24.3 Å². The van der Waals surface area contributed by atoms with Crippen molar-refractivity contribution < 1.29 is 14.3 Å². The van der Waals surface area contributed by atoms with Gasteiger partial charge in [-0.05, 0) is 37.1 Å². The molecule has 1 aromatic carbocycles. The van der Waals surface area contributed by atoms with Crippen LogP contribution in [-0.4, -0.2) is 46.0 Å². The number of H-pyrrole nitrogens is 1. The van der Waals surface area contributed by atoms with Crippen LogP contribution in [0.3, 0.4) is 0 Å². The van der Waals surface area contributed by atoms with Crippen molar-refractivity contribution in [3.8, 4) is 17.1 Å². The van der Waals surface area contributed by atoms with Gasteiger partial charge in [-0.25, -0.2) is 9.78 Å². The van der Waals surface area contributed by atoms with E-state index in [9.17, 15) is 9.59 Å². The van der Waals surface area contributed by atoms with Crippen molar-refractivity contribution in [2.45, 2.75) is 24.0 Å². The summed E-state index contributed by atoms with van der Waals surface area (Å²) in [5.41, 5.74) is 0.864. The minimum absolute atomic E-state index is 0.0675. The van der Waals surface area contributed by atoms with E-state index in [-0.39, 0.29) is 17.7 Å². The van der Waals surface area contributed by atoms with Crippen LogP contribution < -0.4 is 15.4 Å². The summed E-state index contributed by atoms with van der Waals surface area (Å²) >= 11 is 1.16. The lowest BCUT2D eigenvalue weighted by atomic mass is 10.2. The highest BCUT2D eigenvalue weighted by Gasteiger charge is 2.23. The molecule has 3 rings (SSSR count). The Morgan fingerprint density at radius 1 is 1.33 bits per heavy atom. The molecule has 0 aliphatic heterocycles. The van der Waals surface area contributed by atoms with Crippen molar-refractivity contribution in [3.63, 3.8) is 0 Å². The number of thioether (sulfide) groups is 1. The first-order valence-electron chi connectivity index (χ1n) is 7.44. The van der Waals surface area contributed by atoms with Crippen LogP contribution in [0.5, 0.6) is 5.75 Å². The van der Waals surface area contributed by atoms with Gasteiger partial charge in [-0.3, -0.25) is 15.2 Å². The number of hydrogen-bond donors (Lipinski definition) is 3. The lowest BCUT2D eigenvalue weighted by Gasteiger charge is -2.03. The molecule has 1 saturated carbocycles. The van der Waals surface area contributed by atoms with Gasteiger partial charge in [-0.1, -0.05) is 11.8 Å². The highest BCUT2D eigenvalue weighted by molar-refractivity contribution is 7.99. The summed E-state index contributed by atoms with van der Waals surface area (Å²) in [7, 11) is 1.61. The minimum atomic E-state index is -0.447. The normalized spacial score (nSPS) is 13.4. The number of ether oxygens (including phenoxy) is 1. The molecule has 1 heterocycles. The van der Waals surface area contributed by atoms with Gasteiger partial charge in [0.25, 0.3) is 0 Å². The predicted octanol–water partition coefficient (Wildman–Crippen LogP) is 1.56. The number of benzene rings is 1. The van der Waals surface area contributed by atoms with E-state index in [2.05, 4.69) is 25.8 Å². The first kappa shape index (κ1) is 16.3.